The number of ether oxygens (including phenoxy) is 1. The maximum Gasteiger partial charge on any atom is 0.0588 e. The third kappa shape index (κ3) is 4.28. The average molecular weight is 264 g/mol. The molecule has 0 saturated carbocycles. The molecule has 2 unspecified atom stereocenters. The maximum absolute atomic E-state index is 5.58. The number of hydrogen-bond acceptors (Lipinski definition) is 2. The molecule has 1 rings (SSSR count). The van der Waals surface area contributed by atoms with E-state index in [9.17, 15) is 0 Å². The van der Waals surface area contributed by atoms with Crippen LogP contribution in [-0.4, -0.2) is 30.6 Å². The minimum Gasteiger partial charge on any atom is -0.378 e. The Hall–Kier alpha value is 0.400. The van der Waals surface area contributed by atoms with Gasteiger partial charge in [-0.25, -0.2) is 0 Å². The van der Waals surface area contributed by atoms with Gasteiger partial charge in [0.05, 0.1) is 6.10 Å². The van der Waals surface area contributed by atoms with Crippen molar-refractivity contribution in [3.8, 4) is 0 Å². The van der Waals surface area contributed by atoms with E-state index >= 15 is 0 Å². The first kappa shape index (κ1) is 12.5. The first-order valence-electron chi connectivity index (χ1n) is 5.65. The van der Waals surface area contributed by atoms with Crippen LogP contribution < -0.4 is 5.32 Å². The zero-order valence-electron chi connectivity index (χ0n) is 9.26. The van der Waals surface area contributed by atoms with Crippen molar-refractivity contribution in [3.05, 3.63) is 0 Å². The number of hydrogen-bond donors (Lipinski definition) is 1. The molecule has 0 aromatic carbocycles. The normalized spacial score (nSPS) is 24.4. The molecule has 1 heterocycles. The zero-order chi connectivity index (χ0) is 10.4. The molecule has 84 valence electrons. The second-order valence-electron chi connectivity index (χ2n) is 4.38. The monoisotopic (exact) mass is 263 g/mol. The summed E-state index contributed by atoms with van der Waals surface area (Å²) in [7, 11) is 0. The standard InChI is InChI=1S/C11H22BrNO/c1-9(2)11(8-12)13-6-5-10-4-3-7-14-10/h9-11,13H,3-8H2,1-2H3. The van der Waals surface area contributed by atoms with Crippen molar-refractivity contribution >= 4 is 15.9 Å². The third-order valence-electron chi connectivity index (χ3n) is 2.87. The second kappa shape index (κ2) is 6.81. The Morgan fingerprint density at radius 3 is 2.79 bits per heavy atom. The van der Waals surface area contributed by atoms with Crippen LogP contribution in [0.25, 0.3) is 0 Å². The van der Waals surface area contributed by atoms with Crippen molar-refractivity contribution in [3.63, 3.8) is 0 Å². The molecule has 0 aliphatic carbocycles. The van der Waals surface area contributed by atoms with E-state index in [1.165, 1.54) is 12.8 Å². The van der Waals surface area contributed by atoms with Gasteiger partial charge in [-0.1, -0.05) is 29.8 Å². The van der Waals surface area contributed by atoms with Crippen LogP contribution in [0.3, 0.4) is 0 Å². The summed E-state index contributed by atoms with van der Waals surface area (Å²) in [6.45, 7) is 6.56. The number of alkyl halides is 1. The molecule has 0 amide bonds. The van der Waals surface area contributed by atoms with Crippen molar-refractivity contribution in [1.29, 1.82) is 0 Å². The Morgan fingerprint density at radius 1 is 1.50 bits per heavy atom. The summed E-state index contributed by atoms with van der Waals surface area (Å²) in [4.78, 5) is 0. The smallest absolute Gasteiger partial charge is 0.0588 e. The van der Waals surface area contributed by atoms with Gasteiger partial charge < -0.3 is 10.1 Å². The molecule has 14 heavy (non-hydrogen) atoms. The highest BCUT2D eigenvalue weighted by atomic mass is 79.9. The Morgan fingerprint density at radius 2 is 2.29 bits per heavy atom. The lowest BCUT2D eigenvalue weighted by Gasteiger charge is -2.20. The van der Waals surface area contributed by atoms with Crippen molar-refractivity contribution in [2.75, 3.05) is 18.5 Å². The SMILES string of the molecule is CC(C)C(CBr)NCCC1CCCO1. The quantitative estimate of drug-likeness (QED) is 0.744. The van der Waals surface area contributed by atoms with E-state index in [2.05, 4.69) is 35.1 Å². The van der Waals surface area contributed by atoms with E-state index in [4.69, 9.17) is 4.74 Å². The van der Waals surface area contributed by atoms with Crippen molar-refractivity contribution in [2.45, 2.75) is 45.3 Å². The number of halogens is 1. The predicted octanol–water partition coefficient (Wildman–Crippen LogP) is 2.56. The Labute approximate surface area is 95.9 Å². The van der Waals surface area contributed by atoms with Gasteiger partial charge in [-0.3, -0.25) is 0 Å². The van der Waals surface area contributed by atoms with Gasteiger partial charge in [0.25, 0.3) is 0 Å². The lowest BCUT2D eigenvalue weighted by atomic mass is 10.1. The fourth-order valence-corrected chi connectivity index (χ4v) is 2.75. The molecule has 0 bridgehead atoms. The summed E-state index contributed by atoms with van der Waals surface area (Å²) in [5.74, 6) is 0.693. The van der Waals surface area contributed by atoms with Gasteiger partial charge in [0.1, 0.15) is 0 Å². The zero-order valence-corrected chi connectivity index (χ0v) is 10.8. The van der Waals surface area contributed by atoms with Crippen molar-refractivity contribution in [1.82, 2.24) is 5.32 Å². The fourth-order valence-electron chi connectivity index (χ4n) is 1.77. The molecule has 1 aliphatic heterocycles. The fraction of sp³-hybridized carbons (Fsp3) is 1.00. The second-order valence-corrected chi connectivity index (χ2v) is 5.03. The van der Waals surface area contributed by atoms with Crippen molar-refractivity contribution < 1.29 is 4.74 Å². The summed E-state index contributed by atoms with van der Waals surface area (Å²) in [6.07, 6.45) is 4.18. The van der Waals surface area contributed by atoms with E-state index in [1.54, 1.807) is 0 Å². The highest BCUT2D eigenvalue weighted by Crippen LogP contribution is 2.14. The molecule has 3 heteroatoms. The highest BCUT2D eigenvalue weighted by Gasteiger charge is 2.16. The molecule has 1 saturated heterocycles. The van der Waals surface area contributed by atoms with Crippen LogP contribution in [0.4, 0.5) is 0 Å². The van der Waals surface area contributed by atoms with Crippen LogP contribution in [0.15, 0.2) is 0 Å². The van der Waals surface area contributed by atoms with Crippen LogP contribution in [0, 0.1) is 5.92 Å². The minimum absolute atomic E-state index is 0.519. The number of rotatable bonds is 6. The molecule has 1 aliphatic rings. The van der Waals surface area contributed by atoms with E-state index in [0.717, 1.165) is 24.9 Å². The van der Waals surface area contributed by atoms with Gasteiger partial charge >= 0.3 is 0 Å². The van der Waals surface area contributed by atoms with E-state index < -0.39 is 0 Å². The van der Waals surface area contributed by atoms with Crippen LogP contribution in [-0.2, 0) is 4.74 Å². The van der Waals surface area contributed by atoms with Crippen LogP contribution in [0.1, 0.15) is 33.1 Å². The summed E-state index contributed by atoms with van der Waals surface area (Å²) >= 11 is 3.54. The lowest BCUT2D eigenvalue weighted by molar-refractivity contribution is 0.103. The summed E-state index contributed by atoms with van der Waals surface area (Å²) < 4.78 is 5.58. The van der Waals surface area contributed by atoms with E-state index in [-0.39, 0.29) is 0 Å². The van der Waals surface area contributed by atoms with E-state index in [1.807, 2.05) is 0 Å². The molecule has 0 aromatic heterocycles. The van der Waals surface area contributed by atoms with Crippen LogP contribution >= 0.6 is 15.9 Å². The van der Waals surface area contributed by atoms with Gasteiger partial charge in [-0.05, 0) is 31.7 Å². The van der Waals surface area contributed by atoms with Crippen LogP contribution in [0.5, 0.6) is 0 Å². The molecule has 0 aromatic rings. The van der Waals surface area contributed by atoms with Gasteiger partial charge in [0.2, 0.25) is 0 Å². The molecular formula is C11H22BrNO. The van der Waals surface area contributed by atoms with Gasteiger partial charge in [-0.15, -0.1) is 0 Å². The summed E-state index contributed by atoms with van der Waals surface area (Å²) in [6, 6.07) is 0.594. The molecule has 1 fully saturated rings. The molecule has 2 atom stereocenters. The van der Waals surface area contributed by atoms with Gasteiger partial charge in [0, 0.05) is 18.0 Å². The molecule has 0 radical (unpaired) electrons. The first-order chi connectivity index (χ1) is 6.74. The summed E-state index contributed by atoms with van der Waals surface area (Å²) in [5.41, 5.74) is 0. The highest BCUT2D eigenvalue weighted by molar-refractivity contribution is 9.09. The van der Waals surface area contributed by atoms with Crippen LogP contribution in [0.2, 0.25) is 0 Å². The van der Waals surface area contributed by atoms with E-state index in [0.29, 0.717) is 18.1 Å². The summed E-state index contributed by atoms with van der Waals surface area (Å²) in [5, 5.41) is 4.61. The average Bonchev–Trinajstić information content (AvgIpc) is 2.64. The lowest BCUT2D eigenvalue weighted by Crippen LogP contribution is -2.36. The Balaban J connectivity index is 2.06. The van der Waals surface area contributed by atoms with Gasteiger partial charge in [-0.2, -0.15) is 0 Å². The topological polar surface area (TPSA) is 21.3 Å². The predicted molar refractivity (Wildman–Crippen MR) is 64.0 cm³/mol. The molecular weight excluding hydrogens is 242 g/mol. The Bertz CT molecular complexity index is 146. The number of nitrogens with one attached hydrogen (secondary N) is 1. The first-order valence-corrected chi connectivity index (χ1v) is 6.77. The molecule has 0 spiro atoms. The maximum atomic E-state index is 5.58. The largest absolute Gasteiger partial charge is 0.378 e. The minimum atomic E-state index is 0.519. The molecule has 1 N–H and O–H groups in total. The van der Waals surface area contributed by atoms with Gasteiger partial charge in [0.15, 0.2) is 0 Å². The molecule has 2 nitrogen and oxygen atoms in total. The Kier molecular flexibility index (Phi) is 6.06. The third-order valence-corrected chi connectivity index (χ3v) is 3.57. The van der Waals surface area contributed by atoms with Crippen molar-refractivity contribution in [2.24, 2.45) is 5.92 Å².